The highest BCUT2D eigenvalue weighted by Crippen LogP contribution is 2.01. The number of carbonyl (C=O) groups excluding carboxylic acids is 1. The molecule has 0 aliphatic heterocycles. The number of alkyl carbamates (subject to hydrolysis) is 1. The maximum atomic E-state index is 11.6. The third-order valence-corrected chi connectivity index (χ3v) is 3.06. The minimum Gasteiger partial charge on any atom is -0.450 e. The quantitative estimate of drug-likeness (QED) is 0.659. The van der Waals surface area contributed by atoms with Gasteiger partial charge in [-0.1, -0.05) is 60.7 Å². The van der Waals surface area contributed by atoms with Crippen molar-refractivity contribution in [3.8, 4) is 0 Å². The topological polar surface area (TPSA) is 62.7 Å². The lowest BCUT2D eigenvalue weighted by Crippen LogP contribution is -2.41. The summed E-state index contributed by atoms with van der Waals surface area (Å²) in [6, 6.07) is 19.8. The van der Waals surface area contributed by atoms with Gasteiger partial charge in [-0.25, -0.2) is 9.79 Å². The zero-order chi connectivity index (χ0) is 16.3. The van der Waals surface area contributed by atoms with Crippen molar-refractivity contribution in [2.75, 3.05) is 6.61 Å². The number of hydrogen-bond acceptors (Lipinski definition) is 3. The molecule has 1 amide bonds. The number of benzene rings is 2. The summed E-state index contributed by atoms with van der Waals surface area (Å²) < 4.78 is 4.91. The van der Waals surface area contributed by atoms with Crippen molar-refractivity contribution in [3.63, 3.8) is 0 Å². The first-order chi connectivity index (χ1) is 11.3. The van der Waals surface area contributed by atoms with Crippen LogP contribution in [-0.4, -0.2) is 18.7 Å². The summed E-state index contributed by atoms with van der Waals surface area (Å²) in [6.07, 6.45) is -0.514. The van der Waals surface area contributed by atoms with Crippen LogP contribution in [0.15, 0.2) is 65.7 Å². The van der Waals surface area contributed by atoms with Crippen LogP contribution in [0.1, 0.15) is 18.1 Å². The largest absolute Gasteiger partial charge is 0.450 e. The van der Waals surface area contributed by atoms with Crippen molar-refractivity contribution < 1.29 is 9.53 Å². The molecule has 0 saturated carbocycles. The second kappa shape index (κ2) is 9.25. The van der Waals surface area contributed by atoms with Gasteiger partial charge in [-0.3, -0.25) is 5.32 Å². The molecule has 0 fully saturated rings. The number of aliphatic imine (C=N–C) groups is 1. The van der Waals surface area contributed by atoms with Crippen LogP contribution >= 0.6 is 0 Å². The number of ether oxygens (including phenoxy) is 1. The molecule has 5 heteroatoms. The Morgan fingerprint density at radius 1 is 1.00 bits per heavy atom. The second-order valence-corrected chi connectivity index (χ2v) is 4.84. The molecule has 23 heavy (non-hydrogen) atoms. The molecule has 5 nitrogen and oxygen atoms in total. The molecule has 2 aromatic rings. The van der Waals surface area contributed by atoms with Gasteiger partial charge in [0, 0.05) is 6.54 Å². The molecule has 0 bridgehead atoms. The van der Waals surface area contributed by atoms with E-state index in [4.69, 9.17) is 4.74 Å². The lowest BCUT2D eigenvalue weighted by atomic mass is 10.2. The number of rotatable bonds is 5. The van der Waals surface area contributed by atoms with E-state index in [1.165, 1.54) is 0 Å². The molecule has 0 spiro atoms. The molecular weight excluding hydrogens is 290 g/mol. The molecular formula is C18H21N3O2. The maximum absolute atomic E-state index is 11.6. The van der Waals surface area contributed by atoms with Crippen molar-refractivity contribution in [2.45, 2.75) is 20.0 Å². The summed E-state index contributed by atoms with van der Waals surface area (Å²) in [5.74, 6) is 0.399. The van der Waals surface area contributed by atoms with Gasteiger partial charge < -0.3 is 10.1 Å². The molecule has 2 aromatic carbocycles. The van der Waals surface area contributed by atoms with E-state index in [0.717, 1.165) is 11.1 Å². The Balaban J connectivity index is 2.00. The number of nitrogens with zero attached hydrogens (tertiary/aromatic N) is 1. The Kier molecular flexibility index (Phi) is 6.65. The fourth-order valence-electron chi connectivity index (χ4n) is 1.94. The van der Waals surface area contributed by atoms with E-state index in [0.29, 0.717) is 25.7 Å². The van der Waals surface area contributed by atoms with Crippen LogP contribution in [0.4, 0.5) is 4.79 Å². The number of carbonyl (C=O) groups is 1. The lowest BCUT2D eigenvalue weighted by Gasteiger charge is -2.11. The van der Waals surface area contributed by atoms with E-state index >= 15 is 0 Å². The Hall–Kier alpha value is -2.82. The zero-order valence-electron chi connectivity index (χ0n) is 13.2. The normalized spacial score (nSPS) is 10.9. The van der Waals surface area contributed by atoms with Crippen molar-refractivity contribution >= 4 is 12.1 Å². The fraction of sp³-hybridized carbons (Fsp3) is 0.222. The smallest absolute Gasteiger partial charge is 0.413 e. The number of nitrogens with one attached hydrogen (secondary N) is 2. The van der Waals surface area contributed by atoms with Gasteiger partial charge in [0.25, 0.3) is 0 Å². The lowest BCUT2D eigenvalue weighted by molar-refractivity contribution is 0.157. The van der Waals surface area contributed by atoms with Crippen molar-refractivity contribution in [3.05, 3.63) is 71.8 Å². The van der Waals surface area contributed by atoms with Crippen LogP contribution in [0.5, 0.6) is 0 Å². The van der Waals surface area contributed by atoms with E-state index in [9.17, 15) is 4.79 Å². The van der Waals surface area contributed by atoms with Gasteiger partial charge >= 0.3 is 6.09 Å². The van der Waals surface area contributed by atoms with E-state index in [-0.39, 0.29) is 0 Å². The predicted molar refractivity (Wildman–Crippen MR) is 91.0 cm³/mol. The van der Waals surface area contributed by atoms with Crippen molar-refractivity contribution in [2.24, 2.45) is 4.99 Å². The number of guanidine groups is 1. The molecule has 2 rings (SSSR count). The first-order valence-electron chi connectivity index (χ1n) is 7.58. The molecule has 0 aliphatic carbocycles. The van der Waals surface area contributed by atoms with E-state index in [1.807, 2.05) is 60.7 Å². The van der Waals surface area contributed by atoms with Gasteiger partial charge in [0.1, 0.15) is 0 Å². The minimum absolute atomic E-state index is 0.316. The van der Waals surface area contributed by atoms with Crippen molar-refractivity contribution in [1.29, 1.82) is 0 Å². The van der Waals surface area contributed by atoms with Crippen LogP contribution in [0.25, 0.3) is 0 Å². The van der Waals surface area contributed by atoms with Gasteiger partial charge in [-0.15, -0.1) is 0 Å². The van der Waals surface area contributed by atoms with Gasteiger partial charge in [0.05, 0.1) is 13.2 Å². The molecule has 0 saturated heterocycles. The predicted octanol–water partition coefficient (Wildman–Crippen LogP) is 3.08. The molecule has 0 atom stereocenters. The van der Waals surface area contributed by atoms with Gasteiger partial charge in [0.15, 0.2) is 0 Å². The minimum atomic E-state index is -0.514. The third-order valence-electron chi connectivity index (χ3n) is 3.06. The highest BCUT2D eigenvalue weighted by molar-refractivity contribution is 5.93. The Bertz CT molecular complexity index is 627. The van der Waals surface area contributed by atoms with Crippen LogP contribution in [-0.2, 0) is 17.8 Å². The highest BCUT2D eigenvalue weighted by Gasteiger charge is 2.06. The standard InChI is InChI=1S/C18H21N3O2/c1-2-23-18(22)21-17(19-13-15-9-5-3-6-10-15)20-14-16-11-7-4-8-12-16/h3-12H,2,13-14H2,1H3,(H2,19,20,21,22). The van der Waals surface area contributed by atoms with E-state index in [2.05, 4.69) is 15.6 Å². The Labute approximate surface area is 136 Å². The third kappa shape index (κ3) is 6.22. The van der Waals surface area contributed by atoms with E-state index in [1.54, 1.807) is 6.92 Å². The summed E-state index contributed by atoms with van der Waals surface area (Å²) in [5.41, 5.74) is 2.17. The molecule has 0 radical (unpaired) electrons. The van der Waals surface area contributed by atoms with Crippen LogP contribution < -0.4 is 10.6 Å². The summed E-state index contributed by atoms with van der Waals surface area (Å²) in [6.45, 7) is 3.12. The maximum Gasteiger partial charge on any atom is 0.413 e. The number of amides is 1. The number of hydrogen-bond donors (Lipinski definition) is 2. The molecule has 0 heterocycles. The monoisotopic (exact) mass is 311 g/mol. The summed E-state index contributed by atoms with van der Waals surface area (Å²) in [5, 5.41) is 5.77. The molecule has 0 aromatic heterocycles. The summed E-state index contributed by atoms with van der Waals surface area (Å²) in [7, 11) is 0. The molecule has 0 unspecified atom stereocenters. The van der Waals surface area contributed by atoms with Gasteiger partial charge in [0.2, 0.25) is 5.96 Å². The Morgan fingerprint density at radius 3 is 2.22 bits per heavy atom. The first kappa shape index (κ1) is 16.5. The van der Waals surface area contributed by atoms with Crippen LogP contribution in [0.3, 0.4) is 0 Å². The molecule has 0 aliphatic rings. The second-order valence-electron chi connectivity index (χ2n) is 4.84. The fourth-order valence-corrected chi connectivity index (χ4v) is 1.94. The van der Waals surface area contributed by atoms with Crippen molar-refractivity contribution in [1.82, 2.24) is 10.6 Å². The summed E-state index contributed by atoms with van der Waals surface area (Å²) >= 11 is 0. The first-order valence-corrected chi connectivity index (χ1v) is 7.58. The average molecular weight is 311 g/mol. The van der Waals surface area contributed by atoms with Gasteiger partial charge in [-0.05, 0) is 18.1 Å². The van der Waals surface area contributed by atoms with E-state index < -0.39 is 6.09 Å². The van der Waals surface area contributed by atoms with Crippen LogP contribution in [0, 0.1) is 0 Å². The molecule has 2 N–H and O–H groups in total. The zero-order valence-corrected chi connectivity index (χ0v) is 13.2. The molecule has 120 valence electrons. The SMILES string of the molecule is CCOC(=O)NC(=NCc1ccccc1)NCc1ccccc1. The van der Waals surface area contributed by atoms with Crippen LogP contribution in [0.2, 0.25) is 0 Å². The summed E-state index contributed by atoms with van der Waals surface area (Å²) in [4.78, 5) is 16.0. The average Bonchev–Trinajstić information content (AvgIpc) is 2.59. The Morgan fingerprint density at radius 2 is 1.61 bits per heavy atom. The highest BCUT2D eigenvalue weighted by atomic mass is 16.5. The van der Waals surface area contributed by atoms with Gasteiger partial charge in [-0.2, -0.15) is 0 Å².